The third-order valence-electron chi connectivity index (χ3n) is 3.78. The van der Waals surface area contributed by atoms with Gasteiger partial charge in [0.1, 0.15) is 0 Å². The maximum absolute atomic E-state index is 12.5. The Balaban J connectivity index is 1.94. The first-order chi connectivity index (χ1) is 12.1. The van der Waals surface area contributed by atoms with E-state index in [9.17, 15) is 4.79 Å². The minimum absolute atomic E-state index is 0.0163. The molecule has 0 saturated heterocycles. The molecule has 0 aliphatic heterocycles. The molecule has 0 unspecified atom stereocenters. The van der Waals surface area contributed by atoms with E-state index in [0.29, 0.717) is 18.2 Å². The number of anilines is 1. The van der Waals surface area contributed by atoms with Crippen LogP contribution >= 0.6 is 11.3 Å². The van der Waals surface area contributed by atoms with Gasteiger partial charge in [-0.2, -0.15) is 0 Å². The first-order valence-electron chi connectivity index (χ1n) is 8.31. The van der Waals surface area contributed by atoms with Crippen molar-refractivity contribution >= 4 is 33.4 Å². The molecule has 0 spiro atoms. The molecule has 3 aromatic rings. The fourth-order valence-corrected chi connectivity index (χ4v) is 3.44. The predicted molar refractivity (Wildman–Crippen MR) is 101 cm³/mol. The molecule has 7 heteroatoms. The Morgan fingerprint density at radius 1 is 1.36 bits per heavy atom. The SMILES string of the molecule is CCCNC(=O)c1nc(N[C@@H](C)c2cccnc2)nc2cc(C)sc12. The molecule has 0 aliphatic carbocycles. The summed E-state index contributed by atoms with van der Waals surface area (Å²) >= 11 is 1.54. The Morgan fingerprint density at radius 3 is 2.92 bits per heavy atom. The third kappa shape index (κ3) is 3.93. The summed E-state index contributed by atoms with van der Waals surface area (Å²) in [5.41, 5.74) is 2.25. The topological polar surface area (TPSA) is 79.8 Å². The fraction of sp³-hybridized carbons (Fsp3) is 0.333. The highest BCUT2D eigenvalue weighted by molar-refractivity contribution is 7.19. The first kappa shape index (κ1) is 17.3. The molecule has 0 aliphatic rings. The molecule has 3 aromatic heterocycles. The molecule has 0 saturated carbocycles. The van der Waals surface area contributed by atoms with Crippen molar-refractivity contribution < 1.29 is 4.79 Å². The number of aromatic nitrogens is 3. The van der Waals surface area contributed by atoms with Gasteiger partial charge in [0.15, 0.2) is 5.69 Å². The second-order valence-corrected chi connectivity index (χ2v) is 7.13. The minimum Gasteiger partial charge on any atom is -0.351 e. The molecule has 0 radical (unpaired) electrons. The lowest BCUT2D eigenvalue weighted by molar-refractivity contribution is 0.0950. The van der Waals surface area contributed by atoms with E-state index in [4.69, 9.17) is 0 Å². The summed E-state index contributed by atoms with van der Waals surface area (Å²) in [6.07, 6.45) is 4.43. The van der Waals surface area contributed by atoms with Gasteiger partial charge in [0.25, 0.3) is 5.91 Å². The number of thiophene rings is 1. The predicted octanol–water partition coefficient (Wildman–Crippen LogP) is 3.71. The van der Waals surface area contributed by atoms with E-state index in [-0.39, 0.29) is 11.9 Å². The summed E-state index contributed by atoms with van der Waals surface area (Å²) in [4.78, 5) is 26.8. The number of hydrogen-bond acceptors (Lipinski definition) is 6. The Kier molecular flexibility index (Phi) is 5.23. The third-order valence-corrected chi connectivity index (χ3v) is 4.82. The number of pyridine rings is 1. The number of hydrogen-bond donors (Lipinski definition) is 2. The zero-order valence-corrected chi connectivity index (χ0v) is 15.4. The van der Waals surface area contributed by atoms with Crippen molar-refractivity contribution in [2.75, 3.05) is 11.9 Å². The lowest BCUT2D eigenvalue weighted by atomic mass is 10.1. The van der Waals surface area contributed by atoms with Crippen LogP contribution in [0.3, 0.4) is 0 Å². The molecule has 3 rings (SSSR count). The van der Waals surface area contributed by atoms with E-state index in [2.05, 4.69) is 25.6 Å². The second kappa shape index (κ2) is 7.57. The fourth-order valence-electron chi connectivity index (χ4n) is 2.50. The molecule has 2 N–H and O–H groups in total. The van der Waals surface area contributed by atoms with Gasteiger partial charge in [0, 0.05) is 23.8 Å². The van der Waals surface area contributed by atoms with Crippen molar-refractivity contribution in [2.45, 2.75) is 33.2 Å². The lowest BCUT2D eigenvalue weighted by Crippen LogP contribution is -2.25. The van der Waals surface area contributed by atoms with Crippen LogP contribution in [-0.2, 0) is 0 Å². The number of fused-ring (bicyclic) bond motifs is 1. The van der Waals surface area contributed by atoms with Crippen molar-refractivity contribution in [3.05, 3.63) is 46.7 Å². The van der Waals surface area contributed by atoms with Crippen molar-refractivity contribution in [1.82, 2.24) is 20.3 Å². The van der Waals surface area contributed by atoms with Gasteiger partial charge in [-0.1, -0.05) is 13.0 Å². The Hall–Kier alpha value is -2.54. The number of carbonyl (C=O) groups excluding carboxylic acids is 1. The van der Waals surface area contributed by atoms with Crippen LogP contribution in [0.4, 0.5) is 5.95 Å². The summed E-state index contributed by atoms with van der Waals surface area (Å²) in [7, 11) is 0. The normalized spacial score (nSPS) is 12.1. The van der Waals surface area contributed by atoms with Gasteiger partial charge >= 0.3 is 0 Å². The van der Waals surface area contributed by atoms with Crippen LogP contribution in [-0.4, -0.2) is 27.4 Å². The van der Waals surface area contributed by atoms with Crippen LogP contribution in [0.2, 0.25) is 0 Å². The number of aryl methyl sites for hydroxylation is 1. The van der Waals surface area contributed by atoms with E-state index < -0.39 is 0 Å². The Labute approximate surface area is 150 Å². The smallest absolute Gasteiger partial charge is 0.271 e. The lowest BCUT2D eigenvalue weighted by Gasteiger charge is -2.14. The average Bonchev–Trinajstić information content (AvgIpc) is 2.99. The summed E-state index contributed by atoms with van der Waals surface area (Å²) in [6.45, 7) is 6.67. The quantitative estimate of drug-likeness (QED) is 0.705. The highest BCUT2D eigenvalue weighted by Crippen LogP contribution is 2.28. The molecule has 0 aromatic carbocycles. The van der Waals surface area contributed by atoms with Crippen LogP contribution in [0.15, 0.2) is 30.6 Å². The van der Waals surface area contributed by atoms with Crippen LogP contribution < -0.4 is 10.6 Å². The van der Waals surface area contributed by atoms with Gasteiger partial charge in [-0.05, 0) is 38.0 Å². The summed E-state index contributed by atoms with van der Waals surface area (Å²) < 4.78 is 0.825. The zero-order chi connectivity index (χ0) is 17.8. The summed E-state index contributed by atoms with van der Waals surface area (Å²) in [5, 5.41) is 6.18. The maximum atomic E-state index is 12.5. The Morgan fingerprint density at radius 2 is 2.20 bits per heavy atom. The Bertz CT molecular complexity index is 878. The minimum atomic E-state index is -0.159. The number of nitrogens with zero attached hydrogens (tertiary/aromatic N) is 3. The number of amides is 1. The van der Waals surface area contributed by atoms with Crippen molar-refractivity contribution in [3.63, 3.8) is 0 Å². The number of carbonyl (C=O) groups is 1. The van der Waals surface area contributed by atoms with Gasteiger partial charge in [-0.15, -0.1) is 11.3 Å². The van der Waals surface area contributed by atoms with E-state index in [0.717, 1.165) is 27.1 Å². The summed E-state index contributed by atoms with van der Waals surface area (Å²) in [6, 6.07) is 5.85. The number of rotatable bonds is 6. The molecule has 6 nitrogen and oxygen atoms in total. The molecule has 1 atom stereocenters. The van der Waals surface area contributed by atoms with E-state index >= 15 is 0 Å². The monoisotopic (exact) mass is 355 g/mol. The highest BCUT2D eigenvalue weighted by atomic mass is 32.1. The van der Waals surface area contributed by atoms with Crippen molar-refractivity contribution in [3.8, 4) is 0 Å². The molecule has 1 amide bonds. The molecule has 0 fully saturated rings. The van der Waals surface area contributed by atoms with Crippen molar-refractivity contribution in [1.29, 1.82) is 0 Å². The van der Waals surface area contributed by atoms with Gasteiger partial charge < -0.3 is 10.6 Å². The van der Waals surface area contributed by atoms with E-state index in [1.807, 2.05) is 39.0 Å². The largest absolute Gasteiger partial charge is 0.351 e. The summed E-state index contributed by atoms with van der Waals surface area (Å²) in [5.74, 6) is 0.288. The van der Waals surface area contributed by atoms with Gasteiger partial charge in [0.2, 0.25) is 5.95 Å². The number of nitrogens with one attached hydrogen (secondary N) is 2. The van der Waals surface area contributed by atoms with Crippen LogP contribution in [0, 0.1) is 6.92 Å². The maximum Gasteiger partial charge on any atom is 0.271 e. The molecule has 0 bridgehead atoms. The van der Waals surface area contributed by atoms with Gasteiger partial charge in [0.05, 0.1) is 16.3 Å². The van der Waals surface area contributed by atoms with Crippen molar-refractivity contribution in [2.24, 2.45) is 0 Å². The molecular weight excluding hydrogens is 334 g/mol. The second-order valence-electron chi connectivity index (χ2n) is 5.88. The molecule has 25 heavy (non-hydrogen) atoms. The molecular formula is C18H21N5OS. The molecule has 130 valence electrons. The van der Waals surface area contributed by atoms with E-state index in [1.165, 1.54) is 0 Å². The van der Waals surface area contributed by atoms with E-state index in [1.54, 1.807) is 23.7 Å². The standard InChI is InChI=1S/C18H21N5OS/c1-4-7-20-17(24)15-16-14(9-11(2)25-16)22-18(23-15)21-12(3)13-6-5-8-19-10-13/h5-6,8-10,12H,4,7H2,1-3H3,(H,20,24)(H,21,22,23)/t12-/m0/s1. The van der Waals surface area contributed by atoms with Crippen LogP contribution in [0.25, 0.3) is 10.2 Å². The van der Waals surface area contributed by atoms with Crippen LogP contribution in [0.5, 0.6) is 0 Å². The molecule has 3 heterocycles. The average molecular weight is 355 g/mol. The van der Waals surface area contributed by atoms with Gasteiger partial charge in [-0.25, -0.2) is 9.97 Å². The first-order valence-corrected chi connectivity index (χ1v) is 9.13. The van der Waals surface area contributed by atoms with Gasteiger partial charge in [-0.3, -0.25) is 9.78 Å². The van der Waals surface area contributed by atoms with Crippen LogP contribution in [0.1, 0.15) is 47.2 Å². The highest BCUT2D eigenvalue weighted by Gasteiger charge is 2.18. The zero-order valence-electron chi connectivity index (χ0n) is 14.5.